The van der Waals surface area contributed by atoms with Crippen molar-refractivity contribution in [2.24, 2.45) is 11.7 Å². The standard InChI is InChI=1S/C12H16FN3O/c13-9-4-5-11(15-7-9)16-12(17)8-2-1-3-10(14)6-8/h4-5,7-8,10H,1-3,6,14H2,(H,15,16,17). The summed E-state index contributed by atoms with van der Waals surface area (Å²) in [4.78, 5) is 15.7. The average Bonchev–Trinajstić information content (AvgIpc) is 2.32. The summed E-state index contributed by atoms with van der Waals surface area (Å²) in [7, 11) is 0. The molecule has 1 saturated carbocycles. The molecule has 1 amide bonds. The number of amides is 1. The Bertz CT molecular complexity index is 393. The minimum absolute atomic E-state index is 0.0504. The molecular weight excluding hydrogens is 221 g/mol. The van der Waals surface area contributed by atoms with E-state index in [2.05, 4.69) is 10.3 Å². The van der Waals surface area contributed by atoms with Crippen molar-refractivity contribution in [2.45, 2.75) is 31.7 Å². The van der Waals surface area contributed by atoms with Gasteiger partial charge < -0.3 is 11.1 Å². The summed E-state index contributed by atoms with van der Waals surface area (Å²) < 4.78 is 12.6. The summed E-state index contributed by atoms with van der Waals surface area (Å²) in [6.45, 7) is 0. The summed E-state index contributed by atoms with van der Waals surface area (Å²) in [6.07, 6.45) is 4.63. The summed E-state index contributed by atoms with van der Waals surface area (Å²) in [6, 6.07) is 2.84. The van der Waals surface area contributed by atoms with Crippen molar-refractivity contribution in [3.8, 4) is 0 Å². The number of anilines is 1. The maximum Gasteiger partial charge on any atom is 0.228 e. The Labute approximate surface area is 99.4 Å². The van der Waals surface area contributed by atoms with Gasteiger partial charge in [-0.05, 0) is 31.4 Å². The van der Waals surface area contributed by atoms with Gasteiger partial charge in [0.15, 0.2) is 0 Å². The molecule has 1 aliphatic rings. The molecule has 0 bridgehead atoms. The fourth-order valence-electron chi connectivity index (χ4n) is 2.14. The van der Waals surface area contributed by atoms with Gasteiger partial charge in [-0.15, -0.1) is 0 Å². The predicted octanol–water partition coefficient (Wildman–Crippen LogP) is 1.68. The van der Waals surface area contributed by atoms with Gasteiger partial charge in [-0.25, -0.2) is 9.37 Å². The third-order valence-electron chi connectivity index (χ3n) is 3.06. The van der Waals surface area contributed by atoms with Crippen LogP contribution in [-0.2, 0) is 4.79 Å². The normalized spacial score (nSPS) is 24.4. The van der Waals surface area contributed by atoms with Gasteiger partial charge in [-0.1, -0.05) is 6.42 Å². The van der Waals surface area contributed by atoms with Crippen LogP contribution in [0.15, 0.2) is 18.3 Å². The number of aromatic nitrogens is 1. The molecule has 1 heterocycles. The number of nitrogens with one attached hydrogen (secondary N) is 1. The van der Waals surface area contributed by atoms with Crippen LogP contribution in [0.4, 0.5) is 10.2 Å². The maximum absolute atomic E-state index is 12.6. The van der Waals surface area contributed by atoms with Gasteiger partial charge in [-0.2, -0.15) is 0 Å². The van der Waals surface area contributed by atoms with Crippen LogP contribution in [0.3, 0.4) is 0 Å². The van der Waals surface area contributed by atoms with E-state index >= 15 is 0 Å². The molecule has 0 spiro atoms. The SMILES string of the molecule is NC1CCCC(C(=O)Nc2ccc(F)cn2)C1. The molecule has 1 aromatic rings. The van der Waals surface area contributed by atoms with Gasteiger partial charge in [-0.3, -0.25) is 4.79 Å². The summed E-state index contributed by atoms with van der Waals surface area (Å²) in [5.74, 6) is -0.150. The van der Waals surface area contributed by atoms with Crippen LogP contribution >= 0.6 is 0 Å². The van der Waals surface area contributed by atoms with E-state index in [9.17, 15) is 9.18 Å². The molecule has 5 heteroatoms. The topological polar surface area (TPSA) is 68.0 Å². The van der Waals surface area contributed by atoms with Crippen molar-refractivity contribution in [3.63, 3.8) is 0 Å². The smallest absolute Gasteiger partial charge is 0.228 e. The zero-order valence-electron chi connectivity index (χ0n) is 9.53. The van der Waals surface area contributed by atoms with Gasteiger partial charge in [0.2, 0.25) is 5.91 Å². The van der Waals surface area contributed by atoms with E-state index < -0.39 is 5.82 Å². The number of rotatable bonds is 2. The van der Waals surface area contributed by atoms with Crippen molar-refractivity contribution in [2.75, 3.05) is 5.32 Å². The van der Waals surface area contributed by atoms with E-state index in [4.69, 9.17) is 5.73 Å². The van der Waals surface area contributed by atoms with Gasteiger partial charge in [0.1, 0.15) is 11.6 Å². The van der Waals surface area contributed by atoms with Crippen molar-refractivity contribution in [1.82, 2.24) is 4.98 Å². The molecule has 0 radical (unpaired) electrons. The molecule has 0 aliphatic heterocycles. The Hall–Kier alpha value is -1.49. The van der Waals surface area contributed by atoms with Crippen molar-refractivity contribution in [3.05, 3.63) is 24.1 Å². The number of carbonyl (C=O) groups excluding carboxylic acids is 1. The molecular formula is C12H16FN3O. The Kier molecular flexibility index (Phi) is 3.68. The quantitative estimate of drug-likeness (QED) is 0.822. The van der Waals surface area contributed by atoms with E-state index in [1.165, 1.54) is 12.1 Å². The zero-order chi connectivity index (χ0) is 12.3. The molecule has 3 N–H and O–H groups in total. The number of hydrogen-bond acceptors (Lipinski definition) is 3. The Morgan fingerprint density at radius 2 is 2.29 bits per heavy atom. The Morgan fingerprint density at radius 1 is 1.47 bits per heavy atom. The lowest BCUT2D eigenvalue weighted by Crippen LogP contribution is -2.34. The number of nitrogens with zero attached hydrogens (tertiary/aromatic N) is 1. The molecule has 2 atom stereocenters. The molecule has 2 rings (SSSR count). The van der Waals surface area contributed by atoms with Crippen LogP contribution in [0.25, 0.3) is 0 Å². The van der Waals surface area contributed by atoms with E-state index in [1.807, 2.05) is 0 Å². The van der Waals surface area contributed by atoms with Crippen LogP contribution in [0.2, 0.25) is 0 Å². The number of halogens is 1. The summed E-state index contributed by atoms with van der Waals surface area (Å²) in [5.41, 5.74) is 5.83. The van der Waals surface area contributed by atoms with Crippen molar-refractivity contribution in [1.29, 1.82) is 0 Å². The maximum atomic E-state index is 12.6. The minimum Gasteiger partial charge on any atom is -0.328 e. The Balaban J connectivity index is 1.94. The van der Waals surface area contributed by atoms with E-state index in [1.54, 1.807) is 0 Å². The second kappa shape index (κ2) is 5.23. The lowest BCUT2D eigenvalue weighted by atomic mass is 9.85. The fourth-order valence-corrected chi connectivity index (χ4v) is 2.14. The molecule has 0 saturated heterocycles. The predicted molar refractivity (Wildman–Crippen MR) is 62.8 cm³/mol. The van der Waals surface area contributed by atoms with Gasteiger partial charge in [0.05, 0.1) is 6.20 Å². The Morgan fingerprint density at radius 3 is 2.94 bits per heavy atom. The van der Waals surface area contributed by atoms with Gasteiger partial charge in [0.25, 0.3) is 0 Å². The third kappa shape index (κ3) is 3.23. The molecule has 1 aliphatic carbocycles. The van der Waals surface area contributed by atoms with Gasteiger partial charge >= 0.3 is 0 Å². The molecule has 1 aromatic heterocycles. The monoisotopic (exact) mass is 237 g/mol. The van der Waals surface area contributed by atoms with Crippen LogP contribution in [0, 0.1) is 11.7 Å². The van der Waals surface area contributed by atoms with Crippen LogP contribution in [0.1, 0.15) is 25.7 Å². The third-order valence-corrected chi connectivity index (χ3v) is 3.06. The summed E-state index contributed by atoms with van der Waals surface area (Å²) in [5, 5.41) is 2.69. The molecule has 4 nitrogen and oxygen atoms in total. The highest BCUT2D eigenvalue weighted by atomic mass is 19.1. The highest BCUT2D eigenvalue weighted by Crippen LogP contribution is 2.24. The number of pyridine rings is 1. The lowest BCUT2D eigenvalue weighted by Gasteiger charge is -2.25. The average molecular weight is 237 g/mol. The lowest BCUT2D eigenvalue weighted by molar-refractivity contribution is -0.120. The first-order valence-electron chi connectivity index (χ1n) is 5.83. The molecule has 92 valence electrons. The molecule has 17 heavy (non-hydrogen) atoms. The van der Waals surface area contributed by atoms with Crippen LogP contribution in [0.5, 0.6) is 0 Å². The molecule has 1 fully saturated rings. The molecule has 2 unspecified atom stereocenters. The van der Waals surface area contributed by atoms with E-state index in [0.29, 0.717) is 12.2 Å². The van der Waals surface area contributed by atoms with Gasteiger partial charge in [0, 0.05) is 12.0 Å². The molecule has 0 aromatic carbocycles. The highest BCUT2D eigenvalue weighted by molar-refractivity contribution is 5.91. The zero-order valence-corrected chi connectivity index (χ0v) is 9.53. The fraction of sp³-hybridized carbons (Fsp3) is 0.500. The number of nitrogens with two attached hydrogens (primary N) is 1. The van der Waals surface area contributed by atoms with Crippen LogP contribution in [-0.4, -0.2) is 16.9 Å². The first-order chi connectivity index (χ1) is 8.15. The number of carbonyl (C=O) groups is 1. The first kappa shape index (κ1) is 12.0. The van der Waals surface area contributed by atoms with E-state index in [-0.39, 0.29) is 17.9 Å². The highest BCUT2D eigenvalue weighted by Gasteiger charge is 2.25. The van der Waals surface area contributed by atoms with Crippen LogP contribution < -0.4 is 11.1 Å². The van der Waals surface area contributed by atoms with E-state index in [0.717, 1.165) is 25.5 Å². The van der Waals surface area contributed by atoms with Crippen molar-refractivity contribution < 1.29 is 9.18 Å². The minimum atomic E-state index is -0.414. The van der Waals surface area contributed by atoms with Crippen molar-refractivity contribution >= 4 is 11.7 Å². The number of hydrogen-bond donors (Lipinski definition) is 2. The second-order valence-electron chi connectivity index (χ2n) is 4.47. The summed E-state index contributed by atoms with van der Waals surface area (Å²) >= 11 is 0. The second-order valence-corrected chi connectivity index (χ2v) is 4.47. The largest absolute Gasteiger partial charge is 0.328 e. The first-order valence-corrected chi connectivity index (χ1v) is 5.83.